The zero-order valence-electron chi connectivity index (χ0n) is 9.47. The number of aromatic nitrogens is 2. The minimum Gasteiger partial charge on any atom is -0.497 e. The maximum atomic E-state index is 5.80. The predicted octanol–water partition coefficient (Wildman–Crippen LogP) is 1.83. The third-order valence-corrected chi connectivity index (χ3v) is 2.50. The van der Waals surface area contributed by atoms with Gasteiger partial charge in [0.25, 0.3) is 0 Å². The number of anilines is 1. The highest BCUT2D eigenvalue weighted by molar-refractivity contribution is 5.47. The summed E-state index contributed by atoms with van der Waals surface area (Å²) >= 11 is 0. The number of ether oxygens (including phenoxy) is 1. The first-order valence-electron chi connectivity index (χ1n) is 5.10. The maximum absolute atomic E-state index is 5.80. The molecular weight excluding hydrogens is 202 g/mol. The van der Waals surface area contributed by atoms with Gasteiger partial charge in [-0.3, -0.25) is 0 Å². The summed E-state index contributed by atoms with van der Waals surface area (Å²) in [5.74, 6) is 1.77. The molecule has 2 aromatic rings. The summed E-state index contributed by atoms with van der Waals surface area (Å²) < 4.78 is 7.24. The number of methoxy groups -OCH3 is 1. The molecule has 4 heteroatoms. The van der Waals surface area contributed by atoms with E-state index in [9.17, 15) is 0 Å². The normalized spacial score (nSPS) is 10.4. The van der Waals surface area contributed by atoms with E-state index in [-0.39, 0.29) is 0 Å². The average Bonchev–Trinajstić information content (AvgIpc) is 2.63. The van der Waals surface area contributed by atoms with Gasteiger partial charge in [-0.2, -0.15) is 0 Å². The smallest absolute Gasteiger partial charge is 0.121 e. The molecule has 0 unspecified atom stereocenters. The van der Waals surface area contributed by atoms with E-state index in [4.69, 9.17) is 10.5 Å². The summed E-state index contributed by atoms with van der Waals surface area (Å²) in [6, 6.07) is 5.74. The van der Waals surface area contributed by atoms with Crippen LogP contribution in [0.3, 0.4) is 0 Å². The van der Waals surface area contributed by atoms with Gasteiger partial charge in [0.1, 0.15) is 11.6 Å². The van der Waals surface area contributed by atoms with Gasteiger partial charge in [-0.1, -0.05) is 0 Å². The third kappa shape index (κ3) is 2.16. The van der Waals surface area contributed by atoms with Gasteiger partial charge in [0.05, 0.1) is 7.11 Å². The van der Waals surface area contributed by atoms with Crippen molar-refractivity contribution in [3.8, 4) is 5.75 Å². The first kappa shape index (κ1) is 10.5. The number of hydrogen-bond donors (Lipinski definition) is 1. The van der Waals surface area contributed by atoms with Crippen LogP contribution in [0.2, 0.25) is 0 Å². The van der Waals surface area contributed by atoms with Crippen molar-refractivity contribution < 1.29 is 4.74 Å². The first-order valence-corrected chi connectivity index (χ1v) is 5.10. The number of nitrogens with zero attached hydrogens (tertiary/aromatic N) is 2. The number of aryl methyl sites for hydroxylation is 1. The lowest BCUT2D eigenvalue weighted by molar-refractivity contribution is 0.414. The monoisotopic (exact) mass is 217 g/mol. The molecule has 0 bridgehead atoms. The molecule has 1 aromatic carbocycles. The van der Waals surface area contributed by atoms with E-state index in [1.54, 1.807) is 13.3 Å². The van der Waals surface area contributed by atoms with Crippen LogP contribution in [-0.2, 0) is 6.54 Å². The van der Waals surface area contributed by atoms with Crippen LogP contribution in [0.25, 0.3) is 0 Å². The van der Waals surface area contributed by atoms with Crippen molar-refractivity contribution in [3.63, 3.8) is 0 Å². The molecule has 1 aromatic heterocycles. The zero-order valence-corrected chi connectivity index (χ0v) is 9.47. The van der Waals surface area contributed by atoms with E-state index in [0.29, 0.717) is 5.69 Å². The molecule has 16 heavy (non-hydrogen) atoms. The minimum atomic E-state index is 0.715. The van der Waals surface area contributed by atoms with E-state index in [2.05, 4.69) is 9.55 Å². The minimum absolute atomic E-state index is 0.715. The Kier molecular flexibility index (Phi) is 2.81. The SMILES string of the molecule is COc1cc(N)cc(Cn2ccnc2C)c1. The molecule has 4 nitrogen and oxygen atoms in total. The summed E-state index contributed by atoms with van der Waals surface area (Å²) in [5, 5.41) is 0. The molecule has 0 aliphatic heterocycles. The van der Waals surface area contributed by atoms with Crippen LogP contribution in [0.1, 0.15) is 11.4 Å². The molecule has 0 fully saturated rings. The topological polar surface area (TPSA) is 53.1 Å². The molecule has 1 heterocycles. The fraction of sp³-hybridized carbons (Fsp3) is 0.250. The lowest BCUT2D eigenvalue weighted by Crippen LogP contribution is -2.02. The molecular formula is C12H15N3O. The highest BCUT2D eigenvalue weighted by Crippen LogP contribution is 2.19. The van der Waals surface area contributed by atoms with Crippen LogP contribution in [0.4, 0.5) is 5.69 Å². The average molecular weight is 217 g/mol. The highest BCUT2D eigenvalue weighted by Gasteiger charge is 2.02. The van der Waals surface area contributed by atoms with Crippen molar-refractivity contribution in [1.29, 1.82) is 0 Å². The number of hydrogen-bond acceptors (Lipinski definition) is 3. The van der Waals surface area contributed by atoms with Gasteiger partial charge in [-0.25, -0.2) is 4.98 Å². The number of nitrogens with two attached hydrogens (primary N) is 1. The van der Waals surface area contributed by atoms with Crippen molar-refractivity contribution in [3.05, 3.63) is 42.0 Å². The van der Waals surface area contributed by atoms with Crippen molar-refractivity contribution >= 4 is 5.69 Å². The van der Waals surface area contributed by atoms with E-state index in [0.717, 1.165) is 23.7 Å². The molecule has 0 saturated heterocycles. The maximum Gasteiger partial charge on any atom is 0.121 e. The third-order valence-electron chi connectivity index (χ3n) is 2.50. The fourth-order valence-corrected chi connectivity index (χ4v) is 1.66. The van der Waals surface area contributed by atoms with E-state index >= 15 is 0 Å². The Balaban J connectivity index is 2.28. The van der Waals surface area contributed by atoms with E-state index < -0.39 is 0 Å². The van der Waals surface area contributed by atoms with E-state index in [1.807, 2.05) is 31.3 Å². The molecule has 0 radical (unpaired) electrons. The lowest BCUT2D eigenvalue weighted by atomic mass is 10.2. The number of nitrogen functional groups attached to an aromatic ring is 1. The molecule has 0 atom stereocenters. The Morgan fingerprint density at radius 2 is 2.19 bits per heavy atom. The summed E-state index contributed by atoms with van der Waals surface area (Å²) in [6.07, 6.45) is 3.74. The van der Waals surface area contributed by atoms with Gasteiger partial charge in [-0.05, 0) is 24.6 Å². The number of imidazole rings is 1. The van der Waals surface area contributed by atoms with Crippen LogP contribution in [-0.4, -0.2) is 16.7 Å². The summed E-state index contributed by atoms with van der Waals surface area (Å²) in [7, 11) is 1.64. The van der Waals surface area contributed by atoms with Gasteiger partial charge in [0.15, 0.2) is 0 Å². The Morgan fingerprint density at radius 3 is 2.81 bits per heavy atom. The number of rotatable bonds is 3. The Hall–Kier alpha value is -1.97. The molecule has 0 aliphatic rings. The predicted molar refractivity (Wildman–Crippen MR) is 63.5 cm³/mol. The molecule has 84 valence electrons. The van der Waals surface area contributed by atoms with Crippen molar-refractivity contribution in [1.82, 2.24) is 9.55 Å². The Labute approximate surface area is 94.7 Å². The largest absolute Gasteiger partial charge is 0.497 e. The van der Waals surface area contributed by atoms with E-state index in [1.165, 1.54) is 0 Å². The molecule has 0 aliphatic carbocycles. The molecule has 2 rings (SSSR count). The summed E-state index contributed by atoms with van der Waals surface area (Å²) in [5.41, 5.74) is 7.62. The molecule has 0 saturated carbocycles. The summed E-state index contributed by atoms with van der Waals surface area (Å²) in [4.78, 5) is 4.18. The second kappa shape index (κ2) is 4.26. The first-order chi connectivity index (χ1) is 7.69. The highest BCUT2D eigenvalue weighted by atomic mass is 16.5. The Morgan fingerprint density at radius 1 is 1.38 bits per heavy atom. The quantitative estimate of drug-likeness (QED) is 0.798. The van der Waals surface area contributed by atoms with Crippen LogP contribution < -0.4 is 10.5 Å². The number of benzene rings is 1. The van der Waals surface area contributed by atoms with Gasteiger partial charge >= 0.3 is 0 Å². The van der Waals surface area contributed by atoms with Crippen LogP contribution in [0, 0.1) is 6.92 Å². The zero-order chi connectivity index (χ0) is 11.5. The van der Waals surface area contributed by atoms with Crippen LogP contribution >= 0.6 is 0 Å². The second-order valence-corrected chi connectivity index (χ2v) is 3.72. The van der Waals surface area contributed by atoms with Crippen molar-refractivity contribution in [2.75, 3.05) is 12.8 Å². The van der Waals surface area contributed by atoms with Crippen molar-refractivity contribution in [2.45, 2.75) is 13.5 Å². The molecule has 0 spiro atoms. The standard InChI is InChI=1S/C12H15N3O/c1-9-14-3-4-15(9)8-10-5-11(13)7-12(6-10)16-2/h3-7H,8,13H2,1-2H3. The van der Waals surface area contributed by atoms with Crippen LogP contribution in [0.5, 0.6) is 5.75 Å². The van der Waals surface area contributed by atoms with Gasteiger partial charge in [0.2, 0.25) is 0 Å². The van der Waals surface area contributed by atoms with Gasteiger partial charge in [-0.15, -0.1) is 0 Å². The summed E-state index contributed by atoms with van der Waals surface area (Å²) in [6.45, 7) is 2.73. The van der Waals surface area contributed by atoms with Gasteiger partial charge in [0, 0.05) is 30.7 Å². The fourth-order valence-electron chi connectivity index (χ4n) is 1.66. The lowest BCUT2D eigenvalue weighted by Gasteiger charge is -2.08. The second-order valence-electron chi connectivity index (χ2n) is 3.72. The van der Waals surface area contributed by atoms with Gasteiger partial charge < -0.3 is 15.0 Å². The van der Waals surface area contributed by atoms with Crippen molar-refractivity contribution in [2.24, 2.45) is 0 Å². The van der Waals surface area contributed by atoms with Crippen LogP contribution in [0.15, 0.2) is 30.6 Å². The molecule has 2 N–H and O–H groups in total. The Bertz CT molecular complexity index is 491. The molecule has 0 amide bonds.